The van der Waals surface area contributed by atoms with Gasteiger partial charge in [0, 0.05) is 18.6 Å². The van der Waals surface area contributed by atoms with Gasteiger partial charge in [-0.2, -0.15) is 0 Å². The lowest BCUT2D eigenvalue weighted by atomic mass is 10.0. The van der Waals surface area contributed by atoms with E-state index in [0.717, 1.165) is 19.4 Å². The molecule has 3 N–H and O–H groups in total. The normalized spacial score (nSPS) is 19.0. The lowest BCUT2D eigenvalue weighted by molar-refractivity contribution is 0.430. The minimum absolute atomic E-state index is 0.281. The van der Waals surface area contributed by atoms with Crippen LogP contribution in [0.25, 0.3) is 0 Å². The maximum Gasteiger partial charge on any atom is 0.0168 e. The fraction of sp³-hybridized carbons (Fsp3) is 0.647. The molecule has 1 aliphatic rings. The molecule has 1 aromatic rings. The molecule has 0 aromatic heterocycles. The lowest BCUT2D eigenvalue weighted by Crippen LogP contribution is -2.39. The number of aryl methyl sites for hydroxylation is 1. The molecule has 1 aliphatic carbocycles. The molecule has 1 fully saturated rings. The van der Waals surface area contributed by atoms with Crippen LogP contribution in [0.5, 0.6) is 0 Å². The van der Waals surface area contributed by atoms with Crippen molar-refractivity contribution in [2.24, 2.45) is 5.73 Å². The van der Waals surface area contributed by atoms with E-state index in [-0.39, 0.29) is 6.04 Å². The summed E-state index contributed by atoms with van der Waals surface area (Å²) < 4.78 is 0. The van der Waals surface area contributed by atoms with Crippen molar-refractivity contribution in [1.29, 1.82) is 0 Å². The molecule has 1 unspecified atom stereocenters. The zero-order valence-electron chi connectivity index (χ0n) is 12.0. The summed E-state index contributed by atoms with van der Waals surface area (Å²) in [6.45, 7) is 0.970. The Hall–Kier alpha value is -0.860. The Labute approximate surface area is 117 Å². The third-order valence-corrected chi connectivity index (χ3v) is 4.17. The van der Waals surface area contributed by atoms with Crippen LogP contribution in [-0.2, 0) is 6.42 Å². The molecule has 0 bridgehead atoms. The Morgan fingerprint density at radius 1 is 1.05 bits per heavy atom. The number of nitrogens with one attached hydrogen (secondary N) is 1. The topological polar surface area (TPSA) is 38.0 Å². The predicted molar refractivity (Wildman–Crippen MR) is 82.2 cm³/mol. The maximum atomic E-state index is 6.22. The summed E-state index contributed by atoms with van der Waals surface area (Å²) >= 11 is 0. The van der Waals surface area contributed by atoms with Gasteiger partial charge >= 0.3 is 0 Å². The molecule has 1 aromatic carbocycles. The highest BCUT2D eigenvalue weighted by Crippen LogP contribution is 2.17. The fourth-order valence-electron chi connectivity index (χ4n) is 2.90. The SMILES string of the molecule is NC(CCc1ccccc1)CNC1CCCCCC1. The molecule has 0 heterocycles. The zero-order chi connectivity index (χ0) is 13.3. The Morgan fingerprint density at radius 2 is 1.74 bits per heavy atom. The van der Waals surface area contributed by atoms with Crippen molar-refractivity contribution < 1.29 is 0 Å². The standard InChI is InChI=1S/C17H28N2/c18-16(13-12-15-8-4-3-5-9-15)14-19-17-10-6-1-2-7-11-17/h3-5,8-9,16-17,19H,1-2,6-7,10-14,18H2. The van der Waals surface area contributed by atoms with Crippen molar-refractivity contribution in [3.63, 3.8) is 0 Å². The summed E-state index contributed by atoms with van der Waals surface area (Å²) in [5.74, 6) is 0. The van der Waals surface area contributed by atoms with E-state index < -0.39 is 0 Å². The van der Waals surface area contributed by atoms with Crippen molar-refractivity contribution in [3.8, 4) is 0 Å². The molecular weight excluding hydrogens is 232 g/mol. The van der Waals surface area contributed by atoms with Gasteiger partial charge in [0.2, 0.25) is 0 Å². The second-order valence-electron chi connectivity index (χ2n) is 5.88. The van der Waals surface area contributed by atoms with Gasteiger partial charge in [-0.3, -0.25) is 0 Å². The highest BCUT2D eigenvalue weighted by molar-refractivity contribution is 5.14. The van der Waals surface area contributed by atoms with Gasteiger partial charge in [0.25, 0.3) is 0 Å². The monoisotopic (exact) mass is 260 g/mol. The Bertz CT molecular complexity index is 328. The molecule has 0 saturated heterocycles. The quantitative estimate of drug-likeness (QED) is 0.771. The van der Waals surface area contributed by atoms with E-state index in [2.05, 4.69) is 35.6 Å². The fourth-order valence-corrected chi connectivity index (χ4v) is 2.90. The first-order chi connectivity index (χ1) is 9.34. The third kappa shape index (κ3) is 5.75. The van der Waals surface area contributed by atoms with Crippen molar-refractivity contribution >= 4 is 0 Å². The van der Waals surface area contributed by atoms with Crippen LogP contribution < -0.4 is 11.1 Å². The van der Waals surface area contributed by atoms with E-state index in [9.17, 15) is 0 Å². The second kappa shape index (κ2) is 8.34. The van der Waals surface area contributed by atoms with E-state index in [1.54, 1.807) is 0 Å². The zero-order valence-corrected chi connectivity index (χ0v) is 12.0. The van der Waals surface area contributed by atoms with Gasteiger partial charge in [0.15, 0.2) is 0 Å². The average molecular weight is 260 g/mol. The molecule has 0 spiro atoms. The van der Waals surface area contributed by atoms with Crippen LogP contribution >= 0.6 is 0 Å². The Morgan fingerprint density at radius 3 is 2.42 bits per heavy atom. The van der Waals surface area contributed by atoms with Crippen LogP contribution in [0.15, 0.2) is 30.3 Å². The summed E-state index contributed by atoms with van der Waals surface area (Å²) in [5, 5.41) is 3.67. The highest BCUT2D eigenvalue weighted by Gasteiger charge is 2.12. The number of hydrogen-bond donors (Lipinski definition) is 2. The van der Waals surface area contributed by atoms with Crippen LogP contribution in [0.4, 0.5) is 0 Å². The number of hydrogen-bond acceptors (Lipinski definition) is 2. The number of nitrogens with two attached hydrogens (primary N) is 1. The van der Waals surface area contributed by atoms with Crippen LogP contribution in [0.1, 0.15) is 50.5 Å². The molecular formula is C17H28N2. The van der Waals surface area contributed by atoms with Gasteiger partial charge in [-0.05, 0) is 31.2 Å². The van der Waals surface area contributed by atoms with Gasteiger partial charge in [-0.1, -0.05) is 56.0 Å². The van der Waals surface area contributed by atoms with Gasteiger partial charge < -0.3 is 11.1 Å². The van der Waals surface area contributed by atoms with Crippen LogP contribution in [0.2, 0.25) is 0 Å². The first-order valence-electron chi connectivity index (χ1n) is 7.87. The van der Waals surface area contributed by atoms with Crippen LogP contribution in [-0.4, -0.2) is 18.6 Å². The minimum atomic E-state index is 0.281. The second-order valence-corrected chi connectivity index (χ2v) is 5.88. The van der Waals surface area contributed by atoms with Crippen LogP contribution in [0.3, 0.4) is 0 Å². The molecule has 1 atom stereocenters. The summed E-state index contributed by atoms with van der Waals surface area (Å²) in [6.07, 6.45) is 10.4. The lowest BCUT2D eigenvalue weighted by Gasteiger charge is -2.19. The van der Waals surface area contributed by atoms with Gasteiger partial charge in [0.1, 0.15) is 0 Å². The van der Waals surface area contributed by atoms with Gasteiger partial charge in [0.05, 0.1) is 0 Å². The first-order valence-corrected chi connectivity index (χ1v) is 7.87. The van der Waals surface area contributed by atoms with E-state index in [4.69, 9.17) is 5.73 Å². The van der Waals surface area contributed by atoms with E-state index >= 15 is 0 Å². The summed E-state index contributed by atoms with van der Waals surface area (Å²) in [6, 6.07) is 11.6. The van der Waals surface area contributed by atoms with Gasteiger partial charge in [-0.15, -0.1) is 0 Å². The molecule has 106 valence electrons. The average Bonchev–Trinajstić information content (AvgIpc) is 2.73. The molecule has 2 nitrogen and oxygen atoms in total. The number of rotatable bonds is 6. The molecule has 0 aliphatic heterocycles. The molecule has 19 heavy (non-hydrogen) atoms. The van der Waals surface area contributed by atoms with Crippen molar-refractivity contribution in [2.45, 2.75) is 63.5 Å². The maximum absolute atomic E-state index is 6.22. The Balaban J connectivity index is 1.62. The van der Waals surface area contributed by atoms with Crippen molar-refractivity contribution in [1.82, 2.24) is 5.32 Å². The summed E-state index contributed by atoms with van der Waals surface area (Å²) in [4.78, 5) is 0. The smallest absolute Gasteiger partial charge is 0.0168 e. The molecule has 1 saturated carbocycles. The predicted octanol–water partition coefficient (Wildman–Crippen LogP) is 3.26. The van der Waals surface area contributed by atoms with Crippen LogP contribution in [0, 0.1) is 0 Å². The summed E-state index contributed by atoms with van der Waals surface area (Å²) in [7, 11) is 0. The Kier molecular flexibility index (Phi) is 6.38. The van der Waals surface area contributed by atoms with E-state index in [1.807, 2.05) is 0 Å². The first kappa shape index (κ1) is 14.5. The largest absolute Gasteiger partial charge is 0.327 e. The van der Waals surface area contributed by atoms with Gasteiger partial charge in [-0.25, -0.2) is 0 Å². The number of benzene rings is 1. The molecule has 0 amide bonds. The minimum Gasteiger partial charge on any atom is -0.327 e. The van der Waals surface area contributed by atoms with E-state index in [1.165, 1.54) is 44.1 Å². The third-order valence-electron chi connectivity index (χ3n) is 4.17. The van der Waals surface area contributed by atoms with E-state index in [0.29, 0.717) is 6.04 Å². The van der Waals surface area contributed by atoms with Crippen molar-refractivity contribution in [2.75, 3.05) is 6.54 Å². The van der Waals surface area contributed by atoms with Crippen molar-refractivity contribution in [3.05, 3.63) is 35.9 Å². The highest BCUT2D eigenvalue weighted by atomic mass is 14.9. The molecule has 0 radical (unpaired) electrons. The summed E-state index contributed by atoms with van der Waals surface area (Å²) in [5.41, 5.74) is 7.61. The molecule has 2 rings (SSSR count). The molecule has 2 heteroatoms.